The topological polar surface area (TPSA) is 0 Å². The van der Waals surface area contributed by atoms with E-state index >= 15 is 0 Å². The van der Waals surface area contributed by atoms with Gasteiger partial charge in [0.15, 0.2) is 0 Å². The molecule has 0 saturated carbocycles. The molecule has 104 valence electrons. The number of allylic oxidation sites excluding steroid dienone is 1. The molecule has 1 aromatic rings. The van der Waals surface area contributed by atoms with Crippen LogP contribution in [0.2, 0.25) is 0 Å². The summed E-state index contributed by atoms with van der Waals surface area (Å²) in [5, 5.41) is 0. The minimum atomic E-state index is 1.13. The molecule has 0 nitrogen and oxygen atoms in total. The fraction of sp³-hybridized carbons (Fsp3) is 0.556. The van der Waals surface area contributed by atoms with Crippen molar-refractivity contribution in [1.82, 2.24) is 0 Å². The second-order valence-corrected chi connectivity index (χ2v) is 6.43. The Hall–Kier alpha value is -0.560. The van der Waals surface area contributed by atoms with Crippen LogP contribution in [-0.4, -0.2) is 0 Å². The normalized spacial score (nSPS) is 12.9. The average Bonchev–Trinajstić information content (AvgIpc) is 2.90. The van der Waals surface area contributed by atoms with E-state index < -0.39 is 0 Å². The number of hydrogen-bond acceptors (Lipinski definition) is 0. The van der Waals surface area contributed by atoms with Crippen molar-refractivity contribution in [3.05, 3.63) is 39.4 Å². The van der Waals surface area contributed by atoms with Gasteiger partial charge < -0.3 is 0 Å². The van der Waals surface area contributed by atoms with Gasteiger partial charge in [-0.2, -0.15) is 0 Å². The van der Waals surface area contributed by atoms with Crippen molar-refractivity contribution in [1.29, 1.82) is 0 Å². The highest BCUT2D eigenvalue weighted by Gasteiger charge is 2.12. The molecule has 0 bridgehead atoms. The molecule has 0 saturated heterocycles. The third-order valence-electron chi connectivity index (χ3n) is 4.06. The first-order chi connectivity index (χ1) is 9.33. The molecule has 0 N–H and O–H groups in total. The third-order valence-corrected chi connectivity index (χ3v) is 4.75. The molecule has 0 aromatic heterocycles. The highest BCUT2D eigenvalue weighted by Crippen LogP contribution is 2.31. The number of unbranched alkanes of at least 4 members (excludes halogenated alkanes) is 6. The van der Waals surface area contributed by atoms with Crippen LogP contribution in [0.15, 0.2) is 22.7 Å². The molecule has 0 atom stereocenters. The molecule has 19 heavy (non-hydrogen) atoms. The maximum atomic E-state index is 3.65. The van der Waals surface area contributed by atoms with E-state index in [1.165, 1.54) is 61.4 Å². The van der Waals surface area contributed by atoms with E-state index in [4.69, 9.17) is 0 Å². The summed E-state index contributed by atoms with van der Waals surface area (Å²) in [5.41, 5.74) is 4.54. The van der Waals surface area contributed by atoms with Crippen molar-refractivity contribution in [3.63, 3.8) is 0 Å². The molecule has 1 aliphatic rings. The van der Waals surface area contributed by atoms with E-state index in [0.29, 0.717) is 0 Å². The second-order valence-electron chi connectivity index (χ2n) is 5.58. The molecule has 1 heteroatoms. The predicted octanol–water partition coefficient (Wildman–Crippen LogP) is 6.31. The molecule has 0 unspecified atom stereocenters. The van der Waals surface area contributed by atoms with Gasteiger partial charge in [0.1, 0.15) is 0 Å². The maximum absolute atomic E-state index is 3.65. The molecule has 0 amide bonds. The Morgan fingerprint density at radius 3 is 2.53 bits per heavy atom. The summed E-state index contributed by atoms with van der Waals surface area (Å²) >= 11 is 3.65. The summed E-state index contributed by atoms with van der Waals surface area (Å²) in [6.45, 7) is 2.28. The van der Waals surface area contributed by atoms with Crippen molar-refractivity contribution >= 4 is 22.0 Å². The van der Waals surface area contributed by atoms with Crippen LogP contribution in [0.25, 0.3) is 6.08 Å². The largest absolute Gasteiger partial charge is 0.0795 e. The molecular weight excluding hydrogens is 296 g/mol. The highest BCUT2D eigenvalue weighted by atomic mass is 79.9. The van der Waals surface area contributed by atoms with Crippen molar-refractivity contribution in [2.45, 2.75) is 64.7 Å². The minimum absolute atomic E-state index is 1.13. The van der Waals surface area contributed by atoms with E-state index in [1.807, 2.05) is 0 Å². The lowest BCUT2D eigenvalue weighted by Crippen LogP contribution is -1.95. The predicted molar refractivity (Wildman–Crippen MR) is 88.6 cm³/mol. The van der Waals surface area contributed by atoms with Crippen LogP contribution in [0.5, 0.6) is 0 Å². The van der Waals surface area contributed by atoms with Crippen LogP contribution in [0.4, 0.5) is 0 Å². The van der Waals surface area contributed by atoms with Crippen LogP contribution in [0, 0.1) is 0 Å². The summed E-state index contributed by atoms with van der Waals surface area (Å²) in [6, 6.07) is 4.53. The molecule has 1 aromatic carbocycles. The molecule has 0 spiro atoms. The van der Waals surface area contributed by atoms with Crippen molar-refractivity contribution in [2.24, 2.45) is 0 Å². The lowest BCUT2D eigenvalue weighted by molar-refractivity contribution is 0.589. The monoisotopic (exact) mass is 320 g/mol. The SMILES string of the molecule is CCCCCCCCCc1ccc(Br)c2c1CC=C2. The second kappa shape index (κ2) is 7.89. The third kappa shape index (κ3) is 4.21. The zero-order valence-corrected chi connectivity index (χ0v) is 13.6. The van der Waals surface area contributed by atoms with E-state index in [9.17, 15) is 0 Å². The van der Waals surface area contributed by atoms with E-state index in [1.54, 1.807) is 11.1 Å². The minimum Gasteiger partial charge on any atom is -0.0795 e. The quantitative estimate of drug-likeness (QED) is 0.492. The summed E-state index contributed by atoms with van der Waals surface area (Å²) in [5.74, 6) is 0. The number of fused-ring (bicyclic) bond motifs is 1. The number of aryl methyl sites for hydroxylation is 1. The zero-order valence-electron chi connectivity index (χ0n) is 12.1. The lowest BCUT2D eigenvalue weighted by atomic mass is 9.97. The maximum Gasteiger partial charge on any atom is 0.0250 e. The Morgan fingerprint density at radius 1 is 1.00 bits per heavy atom. The molecule has 0 aliphatic heterocycles. The number of rotatable bonds is 8. The molecular formula is C18H25Br. The summed E-state index contributed by atoms with van der Waals surface area (Å²) in [6.07, 6.45) is 16.7. The van der Waals surface area contributed by atoms with Gasteiger partial charge in [0, 0.05) is 4.47 Å². The van der Waals surface area contributed by atoms with Gasteiger partial charge in [-0.25, -0.2) is 0 Å². The highest BCUT2D eigenvalue weighted by molar-refractivity contribution is 9.10. The first-order valence-electron chi connectivity index (χ1n) is 7.79. The first kappa shape index (κ1) is 14.8. The van der Waals surface area contributed by atoms with Crippen LogP contribution >= 0.6 is 15.9 Å². The average molecular weight is 321 g/mol. The number of hydrogen-bond donors (Lipinski definition) is 0. The Kier molecular flexibility index (Phi) is 6.16. The standard InChI is InChI=1S/C18H25Br/c1-2-3-4-5-6-7-8-10-15-13-14-18(19)17-12-9-11-16(15)17/h9,12-14H,2-8,10-11H2,1H3. The fourth-order valence-electron chi connectivity index (χ4n) is 2.90. The molecule has 1 aliphatic carbocycles. The summed E-state index contributed by atoms with van der Waals surface area (Å²) in [4.78, 5) is 0. The Labute approximate surface area is 126 Å². The van der Waals surface area contributed by atoms with Gasteiger partial charge in [0.05, 0.1) is 0 Å². The van der Waals surface area contributed by atoms with E-state index in [2.05, 4.69) is 47.1 Å². The van der Waals surface area contributed by atoms with E-state index in [-0.39, 0.29) is 0 Å². The van der Waals surface area contributed by atoms with Crippen LogP contribution in [0.1, 0.15) is 68.6 Å². The zero-order chi connectivity index (χ0) is 13.5. The smallest absolute Gasteiger partial charge is 0.0250 e. The van der Waals surface area contributed by atoms with Gasteiger partial charge >= 0.3 is 0 Å². The van der Waals surface area contributed by atoms with Gasteiger partial charge in [0.25, 0.3) is 0 Å². The molecule has 0 radical (unpaired) electrons. The van der Waals surface area contributed by atoms with Crippen LogP contribution in [0.3, 0.4) is 0 Å². The van der Waals surface area contributed by atoms with Crippen molar-refractivity contribution < 1.29 is 0 Å². The summed E-state index contributed by atoms with van der Waals surface area (Å²) < 4.78 is 1.25. The van der Waals surface area contributed by atoms with Gasteiger partial charge in [-0.05, 0) is 42.0 Å². The first-order valence-corrected chi connectivity index (χ1v) is 8.59. The van der Waals surface area contributed by atoms with Crippen molar-refractivity contribution in [3.8, 4) is 0 Å². The fourth-order valence-corrected chi connectivity index (χ4v) is 3.41. The van der Waals surface area contributed by atoms with Crippen LogP contribution in [-0.2, 0) is 12.8 Å². The molecule has 2 rings (SSSR count). The molecule has 0 heterocycles. The number of halogens is 1. The molecule has 0 fully saturated rings. The Morgan fingerprint density at radius 2 is 1.74 bits per heavy atom. The lowest BCUT2D eigenvalue weighted by Gasteiger charge is -2.10. The van der Waals surface area contributed by atoms with Gasteiger partial charge in [-0.3, -0.25) is 0 Å². The van der Waals surface area contributed by atoms with Gasteiger partial charge in [0.2, 0.25) is 0 Å². The van der Waals surface area contributed by atoms with E-state index in [0.717, 1.165) is 6.42 Å². The van der Waals surface area contributed by atoms with Gasteiger partial charge in [-0.1, -0.05) is 79.6 Å². The summed E-state index contributed by atoms with van der Waals surface area (Å²) in [7, 11) is 0. The van der Waals surface area contributed by atoms with Gasteiger partial charge in [-0.15, -0.1) is 0 Å². The Balaban J connectivity index is 1.74. The van der Waals surface area contributed by atoms with Crippen LogP contribution < -0.4 is 0 Å². The Bertz CT molecular complexity index is 432. The van der Waals surface area contributed by atoms with Crippen molar-refractivity contribution in [2.75, 3.05) is 0 Å². The number of benzene rings is 1.